The largest absolute Gasteiger partial charge is 0.278 e. The van der Waals surface area contributed by atoms with Gasteiger partial charge in [0.05, 0.1) is 22.2 Å². The Kier molecular flexibility index (Phi) is 4.99. The molecule has 0 aliphatic carbocycles. The van der Waals surface area contributed by atoms with Crippen molar-refractivity contribution in [2.45, 2.75) is 0 Å². The van der Waals surface area contributed by atoms with E-state index in [2.05, 4.69) is 45.2 Å². The fourth-order valence-corrected chi connectivity index (χ4v) is 5.26. The van der Waals surface area contributed by atoms with Crippen LogP contribution in [0.25, 0.3) is 67.3 Å². The van der Waals surface area contributed by atoms with Gasteiger partial charge in [-0.25, -0.2) is 9.67 Å². The molecule has 0 radical (unpaired) electrons. The molecule has 0 aliphatic rings. The monoisotopic (exact) mass is 515 g/mol. The topological polar surface area (TPSA) is 74.3 Å². The standard InChI is InChI=1S/C33H21N7/c1-4-12-22(13-5-1)31-34-32(23-14-6-2-7-15-23)36-33(35-31)39-28-19-11-10-18-25(28)26-20-30-27(21-29(26)39)37-38-40(30)24-16-8-3-9-17-24/h1-21H. The molecule has 0 amide bonds. The van der Waals surface area contributed by atoms with E-state index >= 15 is 0 Å². The molecule has 0 spiro atoms. The average Bonchev–Trinajstić information content (AvgIpc) is 3.59. The van der Waals surface area contributed by atoms with Crippen molar-refractivity contribution in [2.24, 2.45) is 0 Å². The van der Waals surface area contributed by atoms with Crippen LogP contribution >= 0.6 is 0 Å². The van der Waals surface area contributed by atoms with E-state index in [4.69, 9.17) is 15.0 Å². The first-order valence-corrected chi connectivity index (χ1v) is 13.0. The zero-order valence-electron chi connectivity index (χ0n) is 21.3. The highest BCUT2D eigenvalue weighted by Crippen LogP contribution is 2.35. The molecule has 8 rings (SSSR count). The summed E-state index contributed by atoms with van der Waals surface area (Å²) < 4.78 is 3.98. The third-order valence-corrected chi connectivity index (χ3v) is 7.13. The minimum atomic E-state index is 0.550. The van der Waals surface area contributed by atoms with Gasteiger partial charge in [-0.05, 0) is 30.3 Å². The van der Waals surface area contributed by atoms with Crippen molar-refractivity contribution in [1.29, 1.82) is 0 Å². The highest BCUT2D eigenvalue weighted by molar-refractivity contribution is 6.12. The maximum Gasteiger partial charge on any atom is 0.238 e. The molecule has 7 nitrogen and oxygen atoms in total. The molecule has 5 aromatic carbocycles. The third kappa shape index (κ3) is 3.56. The van der Waals surface area contributed by atoms with Crippen LogP contribution < -0.4 is 0 Å². The predicted molar refractivity (Wildman–Crippen MR) is 157 cm³/mol. The summed E-state index contributed by atoms with van der Waals surface area (Å²) in [6, 6.07) is 42.7. The van der Waals surface area contributed by atoms with E-state index in [1.807, 2.05) is 102 Å². The summed E-state index contributed by atoms with van der Waals surface area (Å²) in [4.78, 5) is 14.9. The quantitative estimate of drug-likeness (QED) is 0.251. The molecule has 7 heteroatoms. The van der Waals surface area contributed by atoms with Gasteiger partial charge in [-0.15, -0.1) is 5.10 Å². The zero-order chi connectivity index (χ0) is 26.5. The third-order valence-electron chi connectivity index (χ3n) is 7.13. The van der Waals surface area contributed by atoms with E-state index in [0.29, 0.717) is 17.6 Å². The van der Waals surface area contributed by atoms with Crippen LogP contribution in [0.4, 0.5) is 0 Å². The average molecular weight is 516 g/mol. The van der Waals surface area contributed by atoms with Gasteiger partial charge in [0.2, 0.25) is 5.95 Å². The Morgan fingerprint density at radius 3 is 1.75 bits per heavy atom. The first kappa shape index (κ1) is 22.3. The Hall–Kier alpha value is -5.69. The van der Waals surface area contributed by atoms with E-state index in [1.165, 1.54) is 0 Å². The summed E-state index contributed by atoms with van der Waals surface area (Å²) in [7, 11) is 0. The molecule has 8 aromatic rings. The van der Waals surface area contributed by atoms with Gasteiger partial charge in [0.25, 0.3) is 0 Å². The SMILES string of the molecule is c1ccc(-c2nc(-c3ccccc3)nc(-n3c4ccccc4c4cc5c(cc43)nnn5-c3ccccc3)n2)cc1. The lowest BCUT2D eigenvalue weighted by Gasteiger charge is -2.10. The summed E-state index contributed by atoms with van der Waals surface area (Å²) in [5, 5.41) is 11.2. The van der Waals surface area contributed by atoms with Gasteiger partial charge < -0.3 is 0 Å². The fraction of sp³-hybridized carbons (Fsp3) is 0. The molecular weight excluding hydrogens is 494 g/mol. The number of hydrogen-bond donors (Lipinski definition) is 0. The highest BCUT2D eigenvalue weighted by atomic mass is 15.4. The minimum absolute atomic E-state index is 0.550. The second-order valence-electron chi connectivity index (χ2n) is 9.56. The summed E-state index contributed by atoms with van der Waals surface area (Å²) in [6.07, 6.45) is 0. The molecule has 0 saturated heterocycles. The zero-order valence-corrected chi connectivity index (χ0v) is 21.3. The Morgan fingerprint density at radius 2 is 1.07 bits per heavy atom. The molecule has 0 N–H and O–H groups in total. The lowest BCUT2D eigenvalue weighted by molar-refractivity contribution is 0.824. The van der Waals surface area contributed by atoms with Crippen LogP contribution in [0.5, 0.6) is 0 Å². The van der Waals surface area contributed by atoms with Crippen LogP contribution in [0.15, 0.2) is 127 Å². The van der Waals surface area contributed by atoms with E-state index in [9.17, 15) is 0 Å². The van der Waals surface area contributed by atoms with Crippen molar-refractivity contribution < 1.29 is 0 Å². The van der Waals surface area contributed by atoms with Gasteiger partial charge in [-0.1, -0.05) is 102 Å². The van der Waals surface area contributed by atoms with Crippen LogP contribution in [0.1, 0.15) is 0 Å². The maximum absolute atomic E-state index is 5.00. The van der Waals surface area contributed by atoms with Crippen molar-refractivity contribution >= 4 is 32.8 Å². The molecule has 0 aliphatic heterocycles. The number of para-hydroxylation sites is 2. The first-order chi connectivity index (χ1) is 19.8. The maximum atomic E-state index is 5.00. The number of rotatable bonds is 4. The van der Waals surface area contributed by atoms with Crippen molar-refractivity contribution in [3.05, 3.63) is 127 Å². The molecule has 0 bridgehead atoms. The molecule has 188 valence electrons. The molecular formula is C33H21N7. The lowest BCUT2D eigenvalue weighted by Crippen LogP contribution is -2.06. The number of nitrogens with zero attached hydrogens (tertiary/aromatic N) is 7. The molecule has 0 fully saturated rings. The Bertz CT molecular complexity index is 2090. The Balaban J connectivity index is 1.43. The van der Waals surface area contributed by atoms with Gasteiger partial charge in [-0.3, -0.25) is 4.57 Å². The molecule has 3 aromatic heterocycles. The second kappa shape index (κ2) is 8.96. The molecule has 0 atom stereocenters. The normalized spacial score (nSPS) is 11.5. The number of fused-ring (bicyclic) bond motifs is 4. The van der Waals surface area contributed by atoms with Gasteiger partial charge in [-0.2, -0.15) is 9.97 Å². The lowest BCUT2D eigenvalue weighted by atomic mass is 10.1. The number of hydrogen-bond acceptors (Lipinski definition) is 5. The van der Waals surface area contributed by atoms with E-state index < -0.39 is 0 Å². The number of benzene rings is 5. The van der Waals surface area contributed by atoms with E-state index in [1.54, 1.807) is 0 Å². The van der Waals surface area contributed by atoms with Crippen LogP contribution in [-0.4, -0.2) is 34.5 Å². The Morgan fingerprint density at radius 1 is 0.475 bits per heavy atom. The van der Waals surface area contributed by atoms with Crippen molar-refractivity contribution in [3.8, 4) is 34.4 Å². The van der Waals surface area contributed by atoms with Crippen LogP contribution in [0.2, 0.25) is 0 Å². The van der Waals surface area contributed by atoms with Crippen LogP contribution in [0.3, 0.4) is 0 Å². The summed E-state index contributed by atoms with van der Waals surface area (Å²) in [6.45, 7) is 0. The van der Waals surface area contributed by atoms with Crippen molar-refractivity contribution in [2.75, 3.05) is 0 Å². The Labute approximate surface area is 229 Å². The fourth-order valence-electron chi connectivity index (χ4n) is 5.26. The van der Waals surface area contributed by atoms with E-state index in [0.717, 1.165) is 49.7 Å². The van der Waals surface area contributed by atoms with E-state index in [-0.39, 0.29) is 0 Å². The molecule has 0 unspecified atom stereocenters. The minimum Gasteiger partial charge on any atom is -0.278 e. The summed E-state index contributed by atoms with van der Waals surface area (Å²) >= 11 is 0. The highest BCUT2D eigenvalue weighted by Gasteiger charge is 2.19. The number of aromatic nitrogens is 7. The molecule has 0 saturated carbocycles. The van der Waals surface area contributed by atoms with Crippen LogP contribution in [0, 0.1) is 0 Å². The molecule has 3 heterocycles. The van der Waals surface area contributed by atoms with Crippen molar-refractivity contribution in [1.82, 2.24) is 34.5 Å². The van der Waals surface area contributed by atoms with Gasteiger partial charge >= 0.3 is 0 Å². The van der Waals surface area contributed by atoms with Gasteiger partial charge in [0.15, 0.2) is 11.6 Å². The van der Waals surface area contributed by atoms with Gasteiger partial charge in [0, 0.05) is 21.9 Å². The second-order valence-corrected chi connectivity index (χ2v) is 9.56. The van der Waals surface area contributed by atoms with Crippen molar-refractivity contribution in [3.63, 3.8) is 0 Å². The van der Waals surface area contributed by atoms with Gasteiger partial charge in [0.1, 0.15) is 5.52 Å². The predicted octanol–water partition coefficient (Wildman–Crippen LogP) is 7.04. The summed E-state index contributed by atoms with van der Waals surface area (Å²) in [5.41, 5.74) is 6.51. The molecule has 40 heavy (non-hydrogen) atoms. The first-order valence-electron chi connectivity index (χ1n) is 13.0. The summed E-state index contributed by atoms with van der Waals surface area (Å²) in [5.74, 6) is 1.78. The van der Waals surface area contributed by atoms with Crippen LogP contribution in [-0.2, 0) is 0 Å². The smallest absolute Gasteiger partial charge is 0.238 e.